The van der Waals surface area contributed by atoms with Gasteiger partial charge < -0.3 is 14.6 Å². The summed E-state index contributed by atoms with van der Waals surface area (Å²) in [5.74, 6) is 0.00486. The van der Waals surface area contributed by atoms with Crippen LogP contribution in [0.4, 0.5) is 0 Å². The number of carboxylic acid groups (broad SMARTS) is 1. The van der Waals surface area contributed by atoms with Crippen LogP contribution in [0.2, 0.25) is 0 Å². The molecule has 1 rings (SSSR count). The van der Waals surface area contributed by atoms with E-state index in [0.717, 1.165) is 0 Å². The molecular weight excluding hydrogens is 322 g/mol. The van der Waals surface area contributed by atoms with Crippen LogP contribution in [0.5, 0.6) is 11.5 Å². The molecule has 0 aliphatic heterocycles. The molecule has 0 amide bonds. The van der Waals surface area contributed by atoms with Crippen LogP contribution < -0.4 is 9.47 Å². The van der Waals surface area contributed by atoms with Gasteiger partial charge in [-0.15, -0.1) is 0 Å². The second-order valence-electron chi connectivity index (χ2n) is 2.47. The number of aromatic carboxylic acids is 1. The van der Waals surface area contributed by atoms with E-state index < -0.39 is 5.97 Å². The Morgan fingerprint density at radius 2 is 1.93 bits per heavy atom. The van der Waals surface area contributed by atoms with Crippen LogP contribution in [0.25, 0.3) is 0 Å². The molecule has 1 aromatic rings. The van der Waals surface area contributed by atoms with Gasteiger partial charge in [-0.3, -0.25) is 0 Å². The average Bonchev–Trinajstić information content (AvgIpc) is 2.16. The van der Waals surface area contributed by atoms with Gasteiger partial charge in [0.15, 0.2) is 11.5 Å². The molecule has 0 unspecified atom stereocenters. The van der Waals surface area contributed by atoms with Crippen molar-refractivity contribution >= 4 is 58.1 Å². The predicted molar refractivity (Wildman–Crippen MR) is 66.4 cm³/mol. The number of methoxy groups -OCH3 is 2. The molecule has 15 heavy (non-hydrogen) atoms. The number of ether oxygens (including phenoxy) is 2. The molecule has 0 atom stereocenters. The van der Waals surface area contributed by atoms with E-state index in [1.165, 1.54) is 20.3 Å². The van der Waals surface area contributed by atoms with Crippen LogP contribution in [0.1, 0.15) is 10.4 Å². The topological polar surface area (TPSA) is 55.8 Å². The van der Waals surface area contributed by atoms with Gasteiger partial charge in [0.05, 0.1) is 23.4 Å². The summed E-state index contributed by atoms with van der Waals surface area (Å²) in [5.41, 5.74) is 0.211. The van der Waals surface area contributed by atoms with Crippen molar-refractivity contribution in [2.24, 2.45) is 0 Å². The molecule has 1 aromatic carbocycles. The zero-order chi connectivity index (χ0) is 10.7. The summed E-state index contributed by atoms with van der Waals surface area (Å²) in [5, 5.41) is 8.85. The molecule has 78 valence electrons. The van der Waals surface area contributed by atoms with Gasteiger partial charge >= 0.3 is 35.5 Å². The summed E-state index contributed by atoms with van der Waals surface area (Å²) in [6.45, 7) is 0. The number of hydrogen-bond acceptors (Lipinski definition) is 3. The molecule has 1 N–H and O–H groups in total. The third kappa shape index (κ3) is 3.24. The van der Waals surface area contributed by atoms with Gasteiger partial charge in [-0.2, -0.15) is 0 Å². The maximum absolute atomic E-state index is 10.8. The second-order valence-corrected chi connectivity index (χ2v) is 3.55. The van der Waals surface area contributed by atoms with E-state index >= 15 is 0 Å². The molecule has 6 heteroatoms. The summed E-state index contributed by atoms with van der Waals surface area (Å²) in [6.07, 6.45) is 0. The number of rotatable bonds is 3. The van der Waals surface area contributed by atoms with Gasteiger partial charge in [0.1, 0.15) is 0 Å². The predicted octanol–water partition coefficient (Wildman–Crippen LogP) is 1.36. The van der Waals surface area contributed by atoms with Gasteiger partial charge in [0, 0.05) is 0 Å². The molecule has 0 radical (unpaired) electrons. The monoisotopic (exact) mass is 332 g/mol. The zero-order valence-corrected chi connectivity index (χ0v) is 9.86. The normalized spacial score (nSPS) is 9.00. The minimum absolute atomic E-state index is 0. The van der Waals surface area contributed by atoms with E-state index in [1.807, 2.05) is 22.6 Å². The standard InChI is InChI=1S/C9H9IO4.Na.H/c1-13-6-4-3-5(9(11)12)7(10)8(6)14-2;;/h3-4H,1-2H3,(H,11,12);;. The molecule has 0 saturated heterocycles. The molecule has 0 fully saturated rings. The molecule has 0 aliphatic rings. The Morgan fingerprint density at radius 3 is 2.33 bits per heavy atom. The third-order valence-corrected chi connectivity index (χ3v) is 2.79. The Morgan fingerprint density at radius 1 is 1.33 bits per heavy atom. The first kappa shape index (κ1) is 15.0. The summed E-state index contributed by atoms with van der Waals surface area (Å²) in [4.78, 5) is 10.8. The fraction of sp³-hybridized carbons (Fsp3) is 0.222. The van der Waals surface area contributed by atoms with Crippen LogP contribution in [0.15, 0.2) is 12.1 Å². The average molecular weight is 332 g/mol. The van der Waals surface area contributed by atoms with E-state index in [2.05, 4.69) is 0 Å². The maximum atomic E-state index is 10.8. The molecule has 0 spiro atoms. The number of carboxylic acids is 1. The van der Waals surface area contributed by atoms with E-state index in [-0.39, 0.29) is 35.1 Å². The zero-order valence-electron chi connectivity index (χ0n) is 7.70. The summed E-state index contributed by atoms with van der Waals surface area (Å²) < 4.78 is 10.6. The number of benzene rings is 1. The Balaban J connectivity index is 0.00000196. The molecule has 4 nitrogen and oxygen atoms in total. The van der Waals surface area contributed by atoms with E-state index in [0.29, 0.717) is 15.1 Å². The van der Waals surface area contributed by atoms with Crippen molar-refractivity contribution in [2.75, 3.05) is 14.2 Å². The van der Waals surface area contributed by atoms with E-state index in [4.69, 9.17) is 14.6 Å². The Kier molecular flexibility index (Phi) is 6.58. The molecule has 0 heterocycles. The summed E-state index contributed by atoms with van der Waals surface area (Å²) in [7, 11) is 2.99. The van der Waals surface area contributed by atoms with Crippen LogP contribution >= 0.6 is 22.6 Å². The molecular formula is C9H10INaO4. The van der Waals surface area contributed by atoms with Gasteiger partial charge in [-0.1, -0.05) is 0 Å². The van der Waals surface area contributed by atoms with E-state index in [1.54, 1.807) is 6.07 Å². The quantitative estimate of drug-likeness (QED) is 0.671. The van der Waals surface area contributed by atoms with Crippen molar-refractivity contribution in [2.45, 2.75) is 0 Å². The molecule has 0 saturated carbocycles. The van der Waals surface area contributed by atoms with Crippen LogP contribution in [-0.2, 0) is 0 Å². The van der Waals surface area contributed by atoms with Crippen LogP contribution in [0, 0.1) is 3.57 Å². The van der Waals surface area contributed by atoms with Crippen molar-refractivity contribution in [3.63, 3.8) is 0 Å². The van der Waals surface area contributed by atoms with Crippen molar-refractivity contribution in [1.29, 1.82) is 0 Å². The van der Waals surface area contributed by atoms with Gasteiger partial charge in [0.25, 0.3) is 0 Å². The summed E-state index contributed by atoms with van der Waals surface area (Å²) in [6, 6.07) is 3.07. The van der Waals surface area contributed by atoms with Crippen molar-refractivity contribution in [1.82, 2.24) is 0 Å². The molecule has 0 bridgehead atoms. The van der Waals surface area contributed by atoms with Gasteiger partial charge in [-0.05, 0) is 34.7 Å². The third-order valence-electron chi connectivity index (χ3n) is 1.72. The van der Waals surface area contributed by atoms with E-state index in [9.17, 15) is 4.79 Å². The molecule has 0 aliphatic carbocycles. The Bertz CT molecular complexity index is 367. The minimum atomic E-state index is -0.977. The molecule has 0 aromatic heterocycles. The van der Waals surface area contributed by atoms with Gasteiger partial charge in [0.2, 0.25) is 0 Å². The Hall–Kier alpha value is 0.0200. The first-order chi connectivity index (χ1) is 6.61. The van der Waals surface area contributed by atoms with Crippen molar-refractivity contribution in [3.05, 3.63) is 21.3 Å². The number of hydrogen-bond donors (Lipinski definition) is 1. The summed E-state index contributed by atoms with van der Waals surface area (Å²) >= 11 is 1.92. The fourth-order valence-corrected chi connectivity index (χ4v) is 1.95. The number of halogens is 1. The fourth-order valence-electron chi connectivity index (χ4n) is 1.05. The van der Waals surface area contributed by atoms with Crippen LogP contribution in [0.3, 0.4) is 0 Å². The van der Waals surface area contributed by atoms with Crippen molar-refractivity contribution in [3.8, 4) is 11.5 Å². The van der Waals surface area contributed by atoms with Gasteiger partial charge in [-0.25, -0.2) is 4.79 Å². The first-order valence-corrected chi connectivity index (χ1v) is 4.83. The number of carbonyl (C=O) groups is 1. The van der Waals surface area contributed by atoms with Crippen LogP contribution in [-0.4, -0.2) is 54.9 Å². The first-order valence-electron chi connectivity index (χ1n) is 3.75. The SMILES string of the molecule is COc1ccc(C(=O)O)c(I)c1OC.[NaH]. The Labute approximate surface area is 123 Å². The second kappa shape index (κ2) is 6.57. The van der Waals surface area contributed by atoms with Crippen molar-refractivity contribution < 1.29 is 19.4 Å².